The van der Waals surface area contributed by atoms with E-state index in [0.717, 1.165) is 11.3 Å². The van der Waals surface area contributed by atoms with Gasteiger partial charge in [0.1, 0.15) is 0 Å². The number of amides is 2. The van der Waals surface area contributed by atoms with E-state index in [2.05, 4.69) is 15.8 Å². The third kappa shape index (κ3) is 2.48. The van der Waals surface area contributed by atoms with Gasteiger partial charge in [0.05, 0.1) is 5.69 Å². The van der Waals surface area contributed by atoms with Crippen LogP contribution >= 0.6 is 0 Å². The van der Waals surface area contributed by atoms with Crippen LogP contribution < -0.4 is 10.6 Å². The predicted octanol–water partition coefficient (Wildman–Crippen LogP) is 1.82. The molecule has 0 aliphatic heterocycles. The highest BCUT2D eigenvalue weighted by Gasteiger charge is 2.11. The summed E-state index contributed by atoms with van der Waals surface area (Å²) in [6.45, 7) is 7.44. The van der Waals surface area contributed by atoms with Crippen LogP contribution in [0.25, 0.3) is 0 Å². The molecule has 78 valence electrons. The Balaban J connectivity index is 2.61. The van der Waals surface area contributed by atoms with Crippen molar-refractivity contribution in [1.29, 1.82) is 0 Å². The summed E-state index contributed by atoms with van der Waals surface area (Å²) in [6.07, 6.45) is 0. The standard InChI is InChI=1S/C9H15N3O2/c1-5(2)10-9(13)11-8-6(3)7(4)12-14-8/h5H,1-4H3,(H2,10,11,13). The van der Waals surface area contributed by atoms with Gasteiger partial charge in [-0.3, -0.25) is 5.32 Å². The molecule has 0 spiro atoms. The van der Waals surface area contributed by atoms with Crippen LogP contribution in [0, 0.1) is 13.8 Å². The Hall–Kier alpha value is -1.52. The Morgan fingerprint density at radius 3 is 2.50 bits per heavy atom. The Bertz CT molecular complexity index is 331. The Morgan fingerprint density at radius 1 is 1.43 bits per heavy atom. The molecule has 0 fully saturated rings. The molecule has 0 aliphatic carbocycles. The number of aryl methyl sites for hydroxylation is 1. The summed E-state index contributed by atoms with van der Waals surface area (Å²) in [6, 6.07) is -0.182. The first kappa shape index (κ1) is 10.6. The molecular formula is C9H15N3O2. The fourth-order valence-corrected chi connectivity index (χ4v) is 0.933. The van der Waals surface area contributed by atoms with Gasteiger partial charge < -0.3 is 9.84 Å². The maximum Gasteiger partial charge on any atom is 0.321 e. The Kier molecular flexibility index (Phi) is 3.11. The van der Waals surface area contributed by atoms with Gasteiger partial charge in [-0.05, 0) is 27.7 Å². The summed E-state index contributed by atoms with van der Waals surface area (Å²) in [4.78, 5) is 11.3. The monoisotopic (exact) mass is 197 g/mol. The number of urea groups is 1. The molecule has 1 heterocycles. The lowest BCUT2D eigenvalue weighted by Crippen LogP contribution is -2.34. The minimum atomic E-state index is -0.278. The van der Waals surface area contributed by atoms with Crippen LogP contribution in [0.15, 0.2) is 4.52 Å². The first-order chi connectivity index (χ1) is 6.50. The van der Waals surface area contributed by atoms with Crippen LogP contribution in [0.3, 0.4) is 0 Å². The van der Waals surface area contributed by atoms with Crippen molar-refractivity contribution in [3.63, 3.8) is 0 Å². The average Bonchev–Trinajstić information content (AvgIpc) is 2.34. The zero-order chi connectivity index (χ0) is 10.7. The summed E-state index contributed by atoms with van der Waals surface area (Å²) in [5, 5.41) is 9.00. The molecule has 0 radical (unpaired) electrons. The van der Waals surface area contributed by atoms with E-state index < -0.39 is 0 Å². The van der Waals surface area contributed by atoms with Gasteiger partial charge in [0.25, 0.3) is 0 Å². The molecule has 0 saturated heterocycles. The third-order valence-electron chi connectivity index (χ3n) is 1.80. The van der Waals surface area contributed by atoms with Crippen molar-refractivity contribution in [2.75, 3.05) is 5.32 Å². The number of hydrogen-bond acceptors (Lipinski definition) is 3. The summed E-state index contributed by atoms with van der Waals surface area (Å²) in [7, 11) is 0. The van der Waals surface area contributed by atoms with E-state index in [1.807, 2.05) is 27.7 Å². The lowest BCUT2D eigenvalue weighted by molar-refractivity contribution is 0.249. The van der Waals surface area contributed by atoms with Crippen LogP contribution in [0.1, 0.15) is 25.1 Å². The van der Waals surface area contributed by atoms with Crippen molar-refractivity contribution in [2.24, 2.45) is 0 Å². The van der Waals surface area contributed by atoms with Crippen molar-refractivity contribution in [1.82, 2.24) is 10.5 Å². The molecule has 1 aromatic heterocycles. The highest BCUT2D eigenvalue weighted by atomic mass is 16.5. The zero-order valence-electron chi connectivity index (χ0n) is 8.84. The Morgan fingerprint density at radius 2 is 2.07 bits per heavy atom. The van der Waals surface area contributed by atoms with Gasteiger partial charge >= 0.3 is 6.03 Å². The van der Waals surface area contributed by atoms with Crippen molar-refractivity contribution in [2.45, 2.75) is 33.7 Å². The molecule has 0 aliphatic rings. The number of anilines is 1. The smallest absolute Gasteiger partial charge is 0.321 e. The van der Waals surface area contributed by atoms with Gasteiger partial charge in [0.2, 0.25) is 5.88 Å². The van der Waals surface area contributed by atoms with Gasteiger partial charge in [-0.1, -0.05) is 5.16 Å². The zero-order valence-corrected chi connectivity index (χ0v) is 8.84. The predicted molar refractivity (Wildman–Crippen MR) is 53.3 cm³/mol. The normalized spacial score (nSPS) is 10.4. The molecule has 1 aromatic rings. The minimum Gasteiger partial charge on any atom is -0.338 e. The van der Waals surface area contributed by atoms with Crippen LogP contribution in [-0.4, -0.2) is 17.2 Å². The second kappa shape index (κ2) is 4.13. The molecule has 0 bridgehead atoms. The van der Waals surface area contributed by atoms with E-state index in [0.29, 0.717) is 5.88 Å². The highest BCUT2D eigenvalue weighted by molar-refractivity contribution is 5.88. The SMILES string of the molecule is Cc1noc(NC(=O)NC(C)C)c1C. The number of nitrogens with one attached hydrogen (secondary N) is 2. The lowest BCUT2D eigenvalue weighted by atomic mass is 10.3. The maximum atomic E-state index is 11.3. The topological polar surface area (TPSA) is 67.2 Å². The third-order valence-corrected chi connectivity index (χ3v) is 1.80. The molecule has 5 heteroatoms. The summed E-state index contributed by atoms with van der Waals surface area (Å²) in [5.74, 6) is 0.403. The van der Waals surface area contributed by atoms with Gasteiger partial charge in [0.15, 0.2) is 0 Å². The summed E-state index contributed by atoms with van der Waals surface area (Å²) in [5.41, 5.74) is 1.63. The highest BCUT2D eigenvalue weighted by Crippen LogP contribution is 2.16. The number of carbonyl (C=O) groups excluding carboxylic acids is 1. The molecular weight excluding hydrogens is 182 g/mol. The second-order valence-electron chi connectivity index (χ2n) is 3.48. The van der Waals surface area contributed by atoms with Gasteiger partial charge in [0, 0.05) is 11.6 Å². The molecule has 2 amide bonds. The molecule has 1 rings (SSSR count). The lowest BCUT2D eigenvalue weighted by Gasteiger charge is -2.07. The quantitative estimate of drug-likeness (QED) is 0.759. The van der Waals surface area contributed by atoms with Crippen LogP contribution in [0.2, 0.25) is 0 Å². The number of aromatic nitrogens is 1. The average molecular weight is 197 g/mol. The molecule has 0 saturated carbocycles. The fraction of sp³-hybridized carbons (Fsp3) is 0.556. The molecule has 5 nitrogen and oxygen atoms in total. The van der Waals surface area contributed by atoms with Crippen molar-refractivity contribution in [3.8, 4) is 0 Å². The molecule has 14 heavy (non-hydrogen) atoms. The molecule has 2 N–H and O–H groups in total. The number of hydrogen-bond donors (Lipinski definition) is 2. The number of nitrogens with zero attached hydrogens (tertiary/aromatic N) is 1. The van der Waals surface area contributed by atoms with Gasteiger partial charge in [-0.2, -0.15) is 0 Å². The van der Waals surface area contributed by atoms with E-state index in [-0.39, 0.29) is 12.1 Å². The molecule has 0 unspecified atom stereocenters. The van der Waals surface area contributed by atoms with E-state index in [1.165, 1.54) is 0 Å². The number of rotatable bonds is 2. The first-order valence-electron chi connectivity index (χ1n) is 4.51. The Labute approximate surface area is 82.8 Å². The van der Waals surface area contributed by atoms with Gasteiger partial charge in [-0.15, -0.1) is 0 Å². The molecule has 0 aromatic carbocycles. The second-order valence-corrected chi connectivity index (χ2v) is 3.48. The van der Waals surface area contributed by atoms with Crippen molar-refractivity contribution >= 4 is 11.9 Å². The van der Waals surface area contributed by atoms with Crippen molar-refractivity contribution in [3.05, 3.63) is 11.3 Å². The van der Waals surface area contributed by atoms with E-state index in [9.17, 15) is 4.79 Å². The largest absolute Gasteiger partial charge is 0.338 e. The number of carbonyl (C=O) groups is 1. The van der Waals surface area contributed by atoms with Crippen LogP contribution in [0.4, 0.5) is 10.7 Å². The summed E-state index contributed by atoms with van der Waals surface area (Å²) >= 11 is 0. The van der Waals surface area contributed by atoms with Crippen LogP contribution in [-0.2, 0) is 0 Å². The van der Waals surface area contributed by atoms with Crippen LogP contribution in [0.5, 0.6) is 0 Å². The van der Waals surface area contributed by atoms with Crippen molar-refractivity contribution < 1.29 is 9.32 Å². The molecule has 0 atom stereocenters. The first-order valence-corrected chi connectivity index (χ1v) is 4.51. The fourth-order valence-electron chi connectivity index (χ4n) is 0.933. The summed E-state index contributed by atoms with van der Waals surface area (Å²) < 4.78 is 4.93. The van der Waals surface area contributed by atoms with Gasteiger partial charge in [-0.25, -0.2) is 4.79 Å². The van der Waals surface area contributed by atoms with E-state index >= 15 is 0 Å². The minimum absolute atomic E-state index is 0.0966. The van der Waals surface area contributed by atoms with E-state index in [1.54, 1.807) is 0 Å². The van der Waals surface area contributed by atoms with E-state index in [4.69, 9.17) is 4.52 Å². The maximum absolute atomic E-state index is 11.3.